The Morgan fingerprint density at radius 3 is 2.34 bits per heavy atom. The van der Waals surface area contributed by atoms with E-state index < -0.39 is 5.54 Å². The Bertz CT molecular complexity index is 1080. The van der Waals surface area contributed by atoms with Crippen molar-refractivity contribution in [1.29, 1.82) is 0 Å². The first-order valence-corrected chi connectivity index (χ1v) is 11.6. The van der Waals surface area contributed by atoms with E-state index in [0.717, 1.165) is 30.3 Å². The third-order valence-corrected chi connectivity index (χ3v) is 6.52. The van der Waals surface area contributed by atoms with Gasteiger partial charge in [-0.15, -0.1) is 0 Å². The molecule has 172 valence electrons. The van der Waals surface area contributed by atoms with E-state index >= 15 is 0 Å². The number of urea groups is 1. The number of rotatable bonds is 9. The highest BCUT2D eigenvalue weighted by atomic mass is 16.2. The molecule has 4 rings (SSSR count). The molecule has 2 N–H and O–H groups in total. The summed E-state index contributed by atoms with van der Waals surface area (Å²) in [4.78, 5) is 51.2. The first-order chi connectivity index (χ1) is 15.5. The van der Waals surface area contributed by atoms with Gasteiger partial charge >= 0.3 is 11.7 Å². The average Bonchev–Trinajstić information content (AvgIpc) is 3.42. The van der Waals surface area contributed by atoms with Crippen LogP contribution in [0.2, 0.25) is 0 Å². The maximum Gasteiger partial charge on any atom is 0.329 e. The Kier molecular flexibility index (Phi) is 6.34. The van der Waals surface area contributed by atoms with Gasteiger partial charge in [0, 0.05) is 32.6 Å². The van der Waals surface area contributed by atoms with Gasteiger partial charge in [-0.25, -0.2) is 9.59 Å². The molecular weight excluding hydrogens is 410 g/mol. The zero-order chi connectivity index (χ0) is 22.7. The number of nitrogens with zero attached hydrogens (tertiary/aromatic N) is 3. The molecular formula is C23H31N5O4. The van der Waals surface area contributed by atoms with Crippen LogP contribution in [0.3, 0.4) is 0 Å². The Balaban J connectivity index is 1.27. The summed E-state index contributed by atoms with van der Waals surface area (Å²) < 4.78 is 3.40. The molecule has 1 aliphatic heterocycles. The molecule has 2 heterocycles. The van der Waals surface area contributed by atoms with Crippen LogP contribution < -0.4 is 16.3 Å². The van der Waals surface area contributed by atoms with E-state index in [4.69, 9.17) is 0 Å². The minimum absolute atomic E-state index is 0.0970. The lowest BCUT2D eigenvalue weighted by Gasteiger charge is -2.20. The molecule has 9 nitrogen and oxygen atoms in total. The highest BCUT2D eigenvalue weighted by molar-refractivity contribution is 6.07. The van der Waals surface area contributed by atoms with Crippen LogP contribution in [-0.4, -0.2) is 50.5 Å². The van der Waals surface area contributed by atoms with Crippen LogP contribution in [-0.2, 0) is 22.7 Å². The van der Waals surface area contributed by atoms with Gasteiger partial charge in [0.15, 0.2) is 0 Å². The zero-order valence-corrected chi connectivity index (χ0v) is 18.6. The normalized spacial score (nSPS) is 17.5. The summed E-state index contributed by atoms with van der Waals surface area (Å²) in [5.41, 5.74) is 0.927. The lowest BCUT2D eigenvalue weighted by atomic mass is 9.98. The molecule has 2 aliphatic rings. The van der Waals surface area contributed by atoms with Crippen LogP contribution in [0.15, 0.2) is 29.1 Å². The molecule has 32 heavy (non-hydrogen) atoms. The second-order valence-corrected chi connectivity index (χ2v) is 8.70. The van der Waals surface area contributed by atoms with Gasteiger partial charge in [-0.1, -0.05) is 31.9 Å². The molecule has 1 aliphatic carbocycles. The van der Waals surface area contributed by atoms with Crippen LogP contribution in [0.25, 0.3) is 11.0 Å². The Morgan fingerprint density at radius 2 is 1.69 bits per heavy atom. The van der Waals surface area contributed by atoms with E-state index in [9.17, 15) is 19.2 Å². The van der Waals surface area contributed by atoms with E-state index in [1.54, 1.807) is 9.13 Å². The highest BCUT2D eigenvalue weighted by Crippen LogP contribution is 2.34. The van der Waals surface area contributed by atoms with Crippen molar-refractivity contribution in [3.8, 4) is 0 Å². The fourth-order valence-corrected chi connectivity index (χ4v) is 4.89. The number of imidazole rings is 1. The summed E-state index contributed by atoms with van der Waals surface area (Å²) >= 11 is 0. The van der Waals surface area contributed by atoms with E-state index in [1.807, 2.05) is 31.2 Å². The average molecular weight is 442 g/mol. The van der Waals surface area contributed by atoms with Gasteiger partial charge in [-0.3, -0.25) is 23.6 Å². The molecule has 4 amide bonds. The summed E-state index contributed by atoms with van der Waals surface area (Å²) in [6, 6.07) is 7.29. The number of imide groups is 1. The number of nitrogens with one attached hydrogen (secondary N) is 2. The molecule has 1 saturated heterocycles. The number of carbonyl (C=O) groups is 3. The van der Waals surface area contributed by atoms with Crippen molar-refractivity contribution in [3.63, 3.8) is 0 Å². The number of para-hydroxylation sites is 2. The number of benzene rings is 1. The maximum absolute atomic E-state index is 12.8. The lowest BCUT2D eigenvalue weighted by molar-refractivity contribution is -0.131. The SMILES string of the molecule is CCCn1c(=O)n(CCC(=O)NCCCN2C(=O)NC3(CCCC3)C2=O)c2ccccc21. The standard InChI is InChI=1S/C23H31N5O4/c1-2-14-26-17-8-3-4-9-18(17)27(22(26)32)16-10-19(29)24-13-7-15-28-20(30)23(25-21(28)31)11-5-6-12-23/h3-4,8-9H,2,5-7,10-16H2,1H3,(H,24,29)(H,25,31). The van der Waals surface area contributed by atoms with E-state index in [2.05, 4.69) is 10.6 Å². The zero-order valence-electron chi connectivity index (χ0n) is 18.6. The first kappa shape index (κ1) is 22.1. The van der Waals surface area contributed by atoms with E-state index in [-0.39, 0.29) is 36.5 Å². The summed E-state index contributed by atoms with van der Waals surface area (Å²) in [5.74, 6) is -0.289. The highest BCUT2D eigenvalue weighted by Gasteiger charge is 2.51. The molecule has 1 aromatic heterocycles. The topological polar surface area (TPSA) is 105 Å². The summed E-state index contributed by atoms with van der Waals surface area (Å²) in [7, 11) is 0. The maximum atomic E-state index is 12.8. The van der Waals surface area contributed by atoms with Gasteiger partial charge in [0.25, 0.3) is 5.91 Å². The molecule has 1 spiro atoms. The van der Waals surface area contributed by atoms with Crippen molar-refractivity contribution in [2.24, 2.45) is 0 Å². The molecule has 0 bridgehead atoms. The third kappa shape index (κ3) is 4.03. The number of hydrogen-bond donors (Lipinski definition) is 2. The number of amides is 4. The van der Waals surface area contributed by atoms with Gasteiger partial charge in [0.1, 0.15) is 5.54 Å². The third-order valence-electron chi connectivity index (χ3n) is 6.52. The van der Waals surface area contributed by atoms with Crippen LogP contribution in [0.4, 0.5) is 4.79 Å². The minimum atomic E-state index is -0.690. The lowest BCUT2D eigenvalue weighted by Crippen LogP contribution is -2.44. The Hall–Kier alpha value is -3.10. The van der Waals surface area contributed by atoms with Crippen molar-refractivity contribution < 1.29 is 14.4 Å². The van der Waals surface area contributed by atoms with Gasteiger partial charge < -0.3 is 10.6 Å². The van der Waals surface area contributed by atoms with Crippen LogP contribution in [0.5, 0.6) is 0 Å². The largest absolute Gasteiger partial charge is 0.356 e. The van der Waals surface area contributed by atoms with Crippen molar-refractivity contribution >= 4 is 28.9 Å². The predicted octanol–water partition coefficient (Wildman–Crippen LogP) is 1.97. The molecule has 0 unspecified atom stereocenters. The van der Waals surface area contributed by atoms with Crippen LogP contribution in [0, 0.1) is 0 Å². The fourth-order valence-electron chi connectivity index (χ4n) is 4.89. The minimum Gasteiger partial charge on any atom is -0.356 e. The number of carbonyl (C=O) groups excluding carboxylic acids is 3. The van der Waals surface area contributed by atoms with Gasteiger partial charge in [-0.05, 0) is 37.8 Å². The van der Waals surface area contributed by atoms with Gasteiger partial charge in [0.05, 0.1) is 11.0 Å². The second-order valence-electron chi connectivity index (χ2n) is 8.70. The van der Waals surface area contributed by atoms with E-state index in [1.165, 1.54) is 4.90 Å². The molecule has 9 heteroatoms. The van der Waals surface area contributed by atoms with Crippen LogP contribution >= 0.6 is 0 Å². The first-order valence-electron chi connectivity index (χ1n) is 11.6. The number of aromatic nitrogens is 2. The van der Waals surface area contributed by atoms with Crippen molar-refractivity contribution in [3.05, 3.63) is 34.7 Å². The number of hydrogen-bond acceptors (Lipinski definition) is 4. The summed E-state index contributed by atoms with van der Waals surface area (Å²) in [6.07, 6.45) is 4.86. The van der Waals surface area contributed by atoms with Gasteiger partial charge in [-0.2, -0.15) is 0 Å². The monoisotopic (exact) mass is 441 g/mol. The molecule has 1 saturated carbocycles. The summed E-state index contributed by atoms with van der Waals surface area (Å²) in [6.45, 7) is 3.63. The fraction of sp³-hybridized carbons (Fsp3) is 0.565. The molecule has 1 aromatic carbocycles. The molecule has 0 atom stereocenters. The number of aryl methyl sites for hydroxylation is 2. The molecule has 0 radical (unpaired) electrons. The summed E-state index contributed by atoms with van der Waals surface area (Å²) in [5, 5.41) is 5.70. The van der Waals surface area contributed by atoms with E-state index in [0.29, 0.717) is 38.9 Å². The molecule has 2 aromatic rings. The molecule has 2 fully saturated rings. The second kappa shape index (κ2) is 9.18. The Morgan fingerprint density at radius 1 is 1.03 bits per heavy atom. The smallest absolute Gasteiger partial charge is 0.329 e. The number of fused-ring (bicyclic) bond motifs is 1. The predicted molar refractivity (Wildman–Crippen MR) is 120 cm³/mol. The van der Waals surface area contributed by atoms with Crippen molar-refractivity contribution in [2.45, 2.75) is 70.5 Å². The van der Waals surface area contributed by atoms with Crippen molar-refractivity contribution in [1.82, 2.24) is 24.7 Å². The van der Waals surface area contributed by atoms with Crippen LogP contribution in [0.1, 0.15) is 51.9 Å². The Labute approximate surface area is 186 Å². The van der Waals surface area contributed by atoms with Gasteiger partial charge in [0.2, 0.25) is 5.91 Å². The van der Waals surface area contributed by atoms with Crippen molar-refractivity contribution in [2.75, 3.05) is 13.1 Å². The quantitative estimate of drug-likeness (QED) is 0.458.